The lowest BCUT2D eigenvalue weighted by Gasteiger charge is -2.29. The summed E-state index contributed by atoms with van der Waals surface area (Å²) in [6.45, 7) is 9.04. The summed E-state index contributed by atoms with van der Waals surface area (Å²) in [6.07, 6.45) is 7.02. The highest BCUT2D eigenvalue weighted by atomic mass is 16.6. The zero-order valence-electron chi connectivity index (χ0n) is 11.1. The van der Waals surface area contributed by atoms with Gasteiger partial charge in [0.15, 0.2) is 0 Å². The average Bonchev–Trinajstić information content (AvgIpc) is 2.35. The van der Waals surface area contributed by atoms with Crippen molar-refractivity contribution < 1.29 is 9.53 Å². The zero-order valence-corrected chi connectivity index (χ0v) is 11.1. The Labute approximate surface area is 109 Å². The molecule has 0 bridgehead atoms. The number of carbonyl (C=O) groups is 1. The molecule has 0 saturated carbocycles. The van der Waals surface area contributed by atoms with Crippen LogP contribution in [-0.4, -0.2) is 5.97 Å². The van der Waals surface area contributed by atoms with Crippen molar-refractivity contribution in [2.45, 2.75) is 26.4 Å². The van der Waals surface area contributed by atoms with Crippen LogP contribution >= 0.6 is 0 Å². The number of terminal acetylenes is 1. The molecule has 94 valence electrons. The Morgan fingerprint density at radius 3 is 2.28 bits per heavy atom. The van der Waals surface area contributed by atoms with Crippen molar-refractivity contribution in [3.63, 3.8) is 0 Å². The van der Waals surface area contributed by atoms with E-state index in [2.05, 4.69) is 12.5 Å². The summed E-state index contributed by atoms with van der Waals surface area (Å²) in [6, 6.07) is 9.19. The molecule has 0 spiro atoms. The molecule has 0 aromatic heterocycles. The van der Waals surface area contributed by atoms with Crippen LogP contribution in [0.3, 0.4) is 0 Å². The zero-order chi connectivity index (χ0) is 13.8. The standard InChI is InChI=1S/C16H18O2/c1-6-16(7-2,13-11-9-8-10-12-13)18-14(17)15(3,4)5/h1,7-12H,2H2,3-5H3. The van der Waals surface area contributed by atoms with Gasteiger partial charge < -0.3 is 4.74 Å². The summed E-state index contributed by atoms with van der Waals surface area (Å²) < 4.78 is 5.49. The molecule has 2 nitrogen and oxygen atoms in total. The Balaban J connectivity index is 3.16. The van der Waals surface area contributed by atoms with Crippen LogP contribution in [0.1, 0.15) is 26.3 Å². The van der Waals surface area contributed by atoms with Gasteiger partial charge in [0.2, 0.25) is 5.60 Å². The molecule has 1 atom stereocenters. The molecule has 0 aliphatic rings. The molecule has 0 amide bonds. The highest BCUT2D eigenvalue weighted by molar-refractivity contribution is 5.76. The lowest BCUT2D eigenvalue weighted by atomic mass is 9.92. The van der Waals surface area contributed by atoms with Gasteiger partial charge in [-0.15, -0.1) is 6.42 Å². The lowest BCUT2D eigenvalue weighted by molar-refractivity contribution is -0.161. The van der Waals surface area contributed by atoms with Gasteiger partial charge in [-0.25, -0.2) is 0 Å². The minimum atomic E-state index is -1.20. The molecule has 1 unspecified atom stereocenters. The van der Waals surface area contributed by atoms with Crippen molar-refractivity contribution in [3.8, 4) is 12.3 Å². The molecule has 0 radical (unpaired) electrons. The first-order valence-electron chi connectivity index (χ1n) is 5.76. The second kappa shape index (κ2) is 5.10. The predicted octanol–water partition coefficient (Wildman–Crippen LogP) is 3.29. The fourth-order valence-electron chi connectivity index (χ4n) is 1.38. The Morgan fingerprint density at radius 1 is 1.33 bits per heavy atom. The highest BCUT2D eigenvalue weighted by Gasteiger charge is 2.35. The Morgan fingerprint density at radius 2 is 1.89 bits per heavy atom. The van der Waals surface area contributed by atoms with Gasteiger partial charge in [-0.1, -0.05) is 36.9 Å². The molecule has 1 rings (SSSR count). The lowest BCUT2D eigenvalue weighted by Crippen LogP contribution is -2.34. The summed E-state index contributed by atoms with van der Waals surface area (Å²) in [7, 11) is 0. The summed E-state index contributed by atoms with van der Waals surface area (Å²) in [5, 5.41) is 0. The van der Waals surface area contributed by atoms with Crippen LogP contribution in [0.15, 0.2) is 43.0 Å². The van der Waals surface area contributed by atoms with Crippen molar-refractivity contribution in [1.29, 1.82) is 0 Å². The SMILES string of the molecule is C#CC(C=C)(OC(=O)C(C)(C)C)c1ccccc1. The van der Waals surface area contributed by atoms with Crippen molar-refractivity contribution in [2.24, 2.45) is 5.41 Å². The largest absolute Gasteiger partial charge is 0.437 e. The summed E-state index contributed by atoms with van der Waals surface area (Å²) in [5.41, 5.74) is -1.09. The van der Waals surface area contributed by atoms with E-state index in [-0.39, 0.29) is 5.97 Å². The molecule has 1 aromatic rings. The van der Waals surface area contributed by atoms with Gasteiger partial charge in [-0.3, -0.25) is 4.79 Å². The molecule has 18 heavy (non-hydrogen) atoms. The predicted molar refractivity (Wildman–Crippen MR) is 72.7 cm³/mol. The second-order valence-electron chi connectivity index (χ2n) is 5.09. The van der Waals surface area contributed by atoms with Gasteiger partial charge in [0.05, 0.1) is 5.41 Å². The Bertz CT molecular complexity index is 474. The average molecular weight is 242 g/mol. The molecule has 0 N–H and O–H groups in total. The second-order valence-corrected chi connectivity index (χ2v) is 5.09. The van der Waals surface area contributed by atoms with Crippen LogP contribution in [0.5, 0.6) is 0 Å². The first-order chi connectivity index (χ1) is 8.35. The van der Waals surface area contributed by atoms with Crippen molar-refractivity contribution >= 4 is 5.97 Å². The Kier molecular flexibility index (Phi) is 3.98. The van der Waals surface area contributed by atoms with Gasteiger partial charge in [-0.05, 0) is 32.8 Å². The van der Waals surface area contributed by atoms with Crippen molar-refractivity contribution in [1.82, 2.24) is 0 Å². The summed E-state index contributed by atoms with van der Waals surface area (Å²) in [4.78, 5) is 12.0. The van der Waals surface area contributed by atoms with Crippen molar-refractivity contribution in [2.75, 3.05) is 0 Å². The third-order valence-electron chi connectivity index (χ3n) is 2.57. The fourth-order valence-corrected chi connectivity index (χ4v) is 1.38. The molecular formula is C16H18O2. The molecule has 2 heteroatoms. The van der Waals surface area contributed by atoms with E-state index in [1.54, 1.807) is 20.8 Å². The smallest absolute Gasteiger partial charge is 0.313 e. The molecule has 1 aromatic carbocycles. The Hall–Kier alpha value is -2.01. The third-order valence-corrected chi connectivity index (χ3v) is 2.57. The molecule has 0 saturated heterocycles. The van der Waals surface area contributed by atoms with Crippen molar-refractivity contribution in [3.05, 3.63) is 48.6 Å². The maximum atomic E-state index is 12.0. The van der Waals surface area contributed by atoms with E-state index in [9.17, 15) is 4.79 Å². The first-order valence-corrected chi connectivity index (χ1v) is 5.76. The molecule has 0 aliphatic carbocycles. The van der Waals surface area contributed by atoms with Gasteiger partial charge in [-0.2, -0.15) is 0 Å². The van der Waals surface area contributed by atoms with E-state index in [0.717, 1.165) is 5.56 Å². The van der Waals surface area contributed by atoms with Crippen LogP contribution in [-0.2, 0) is 15.1 Å². The van der Waals surface area contributed by atoms with Crippen LogP contribution in [0.4, 0.5) is 0 Å². The summed E-state index contributed by atoms with van der Waals surface area (Å²) >= 11 is 0. The molecule has 0 aliphatic heterocycles. The van der Waals surface area contributed by atoms with Gasteiger partial charge in [0, 0.05) is 5.56 Å². The van der Waals surface area contributed by atoms with Crippen LogP contribution in [0.2, 0.25) is 0 Å². The molecule has 0 fully saturated rings. The molecular weight excluding hydrogens is 224 g/mol. The third kappa shape index (κ3) is 2.81. The number of esters is 1. The van der Waals surface area contributed by atoms with E-state index in [0.29, 0.717) is 0 Å². The minimum Gasteiger partial charge on any atom is -0.437 e. The van der Waals surface area contributed by atoms with Gasteiger partial charge >= 0.3 is 5.97 Å². The van der Waals surface area contributed by atoms with Gasteiger partial charge in [0.1, 0.15) is 0 Å². The topological polar surface area (TPSA) is 26.3 Å². The fraction of sp³-hybridized carbons (Fsp3) is 0.312. The van der Waals surface area contributed by atoms with Crippen LogP contribution in [0.25, 0.3) is 0 Å². The van der Waals surface area contributed by atoms with E-state index in [1.165, 1.54) is 6.08 Å². The van der Waals surface area contributed by atoms with E-state index in [4.69, 9.17) is 11.2 Å². The number of rotatable bonds is 3. The number of hydrogen-bond donors (Lipinski definition) is 0. The number of benzene rings is 1. The monoisotopic (exact) mass is 242 g/mol. The quantitative estimate of drug-likeness (QED) is 0.462. The molecule has 0 heterocycles. The number of carbonyl (C=O) groups excluding carboxylic acids is 1. The van der Waals surface area contributed by atoms with E-state index in [1.807, 2.05) is 30.3 Å². The minimum absolute atomic E-state index is 0.357. The normalized spacial score (nSPS) is 14.1. The maximum absolute atomic E-state index is 12.0. The first kappa shape index (κ1) is 14.1. The van der Waals surface area contributed by atoms with Gasteiger partial charge in [0.25, 0.3) is 0 Å². The highest BCUT2D eigenvalue weighted by Crippen LogP contribution is 2.30. The van der Waals surface area contributed by atoms with Crippen LogP contribution < -0.4 is 0 Å². The van der Waals surface area contributed by atoms with E-state index >= 15 is 0 Å². The van der Waals surface area contributed by atoms with E-state index < -0.39 is 11.0 Å². The number of ether oxygens (including phenoxy) is 1. The maximum Gasteiger partial charge on any atom is 0.313 e. The summed E-state index contributed by atoms with van der Waals surface area (Å²) in [5.74, 6) is 2.17. The number of hydrogen-bond acceptors (Lipinski definition) is 2. The van der Waals surface area contributed by atoms with Crippen LogP contribution in [0, 0.1) is 17.8 Å².